The van der Waals surface area contributed by atoms with E-state index in [1.165, 1.54) is 31.6 Å². The minimum absolute atomic E-state index is 0.0287. The topological polar surface area (TPSA) is 81.4 Å². The third kappa shape index (κ3) is 2.79. The molecule has 0 amide bonds. The number of imidazole rings is 1. The van der Waals surface area contributed by atoms with Gasteiger partial charge in [-0.15, -0.1) is 0 Å². The number of phenols is 1. The molecule has 0 atom stereocenters. The number of nitrogens with zero attached hydrogens (tertiary/aromatic N) is 2. The first-order valence-electron chi connectivity index (χ1n) is 5.52. The van der Waals surface area contributed by atoms with Crippen molar-refractivity contribution in [3.05, 3.63) is 48.0 Å². The summed E-state index contributed by atoms with van der Waals surface area (Å²) in [5.74, 6) is -1.09. The zero-order chi connectivity index (χ0) is 13.8. The maximum atomic E-state index is 12.0. The summed E-state index contributed by atoms with van der Waals surface area (Å²) in [6.07, 6.45) is 4.77. The van der Waals surface area contributed by atoms with Gasteiger partial charge in [0.05, 0.1) is 20.0 Å². The number of hydrogen-bond donors (Lipinski definition) is 1. The fraction of sp³-hybridized carbons (Fsp3) is 0.154. The molecule has 0 aliphatic carbocycles. The lowest BCUT2D eigenvalue weighted by Crippen LogP contribution is -2.10. The molecule has 0 spiro atoms. The fourth-order valence-corrected chi connectivity index (χ4v) is 1.62. The number of aromatic nitrogens is 2. The Kier molecular flexibility index (Phi) is 3.61. The lowest BCUT2D eigenvalue weighted by atomic mass is 10.1. The molecular formula is C13H12N2O4. The van der Waals surface area contributed by atoms with Crippen LogP contribution in [-0.4, -0.2) is 33.5 Å². The third-order valence-electron chi connectivity index (χ3n) is 2.61. The van der Waals surface area contributed by atoms with E-state index in [2.05, 4.69) is 9.72 Å². The zero-order valence-corrected chi connectivity index (χ0v) is 10.2. The largest absolute Gasteiger partial charge is 0.507 e. The van der Waals surface area contributed by atoms with Crippen molar-refractivity contribution in [2.45, 2.75) is 6.54 Å². The molecule has 6 heteroatoms. The molecular weight excluding hydrogens is 248 g/mol. The van der Waals surface area contributed by atoms with Gasteiger partial charge in [0.2, 0.25) is 0 Å². The fourth-order valence-electron chi connectivity index (χ4n) is 1.62. The van der Waals surface area contributed by atoms with Crippen LogP contribution in [-0.2, 0) is 11.3 Å². The minimum atomic E-state index is -0.685. The van der Waals surface area contributed by atoms with Crippen LogP contribution in [0.4, 0.5) is 0 Å². The molecule has 0 saturated heterocycles. The summed E-state index contributed by atoms with van der Waals surface area (Å²) in [7, 11) is 1.21. The van der Waals surface area contributed by atoms with Crippen LogP contribution in [0.25, 0.3) is 0 Å². The van der Waals surface area contributed by atoms with Crippen LogP contribution in [0, 0.1) is 0 Å². The van der Waals surface area contributed by atoms with E-state index < -0.39 is 5.97 Å². The Hall–Kier alpha value is -2.63. The Bertz CT molecular complexity index is 605. The minimum Gasteiger partial charge on any atom is -0.507 e. The Morgan fingerprint density at radius 2 is 2.21 bits per heavy atom. The third-order valence-corrected chi connectivity index (χ3v) is 2.61. The molecule has 1 aromatic carbocycles. The second kappa shape index (κ2) is 5.34. The number of phenolic OH excluding ortho intramolecular Hbond substituents is 1. The van der Waals surface area contributed by atoms with Gasteiger partial charge in [-0.3, -0.25) is 4.79 Å². The van der Waals surface area contributed by atoms with E-state index >= 15 is 0 Å². The average molecular weight is 260 g/mol. The highest BCUT2D eigenvalue weighted by molar-refractivity contribution is 6.00. The van der Waals surface area contributed by atoms with Gasteiger partial charge >= 0.3 is 5.97 Å². The number of ether oxygens (including phenoxy) is 1. The predicted molar refractivity (Wildman–Crippen MR) is 66.0 cm³/mol. The molecule has 2 aromatic rings. The molecule has 98 valence electrons. The zero-order valence-electron chi connectivity index (χ0n) is 10.2. The number of carbonyl (C=O) groups excluding carboxylic acids is 2. The summed E-state index contributed by atoms with van der Waals surface area (Å²) in [4.78, 5) is 27.3. The smallest absolute Gasteiger partial charge is 0.341 e. The average Bonchev–Trinajstić information content (AvgIpc) is 2.91. The Labute approximate surface area is 109 Å². The molecule has 1 heterocycles. The first-order valence-corrected chi connectivity index (χ1v) is 5.52. The molecule has 0 aliphatic heterocycles. The number of methoxy groups -OCH3 is 1. The van der Waals surface area contributed by atoms with Crippen molar-refractivity contribution in [2.24, 2.45) is 0 Å². The molecule has 0 aliphatic rings. The maximum absolute atomic E-state index is 12.0. The van der Waals surface area contributed by atoms with E-state index in [-0.39, 0.29) is 23.6 Å². The van der Waals surface area contributed by atoms with Crippen molar-refractivity contribution >= 4 is 11.8 Å². The molecule has 0 saturated carbocycles. The molecule has 2 rings (SSSR count). The summed E-state index contributed by atoms with van der Waals surface area (Å²) >= 11 is 0. The van der Waals surface area contributed by atoms with Gasteiger partial charge in [-0.05, 0) is 18.2 Å². The van der Waals surface area contributed by atoms with E-state index in [0.717, 1.165) is 0 Å². The van der Waals surface area contributed by atoms with Crippen molar-refractivity contribution in [3.8, 4) is 5.75 Å². The van der Waals surface area contributed by atoms with Crippen LogP contribution >= 0.6 is 0 Å². The van der Waals surface area contributed by atoms with Crippen molar-refractivity contribution < 1.29 is 19.4 Å². The summed E-state index contributed by atoms with van der Waals surface area (Å²) in [5.41, 5.74) is 0.297. The molecule has 0 fully saturated rings. The standard InChI is InChI=1S/C13H12N2O4/c1-19-13(18)10-6-9(2-3-11(10)16)12(17)7-15-5-4-14-8-15/h2-6,8,16H,7H2,1H3. The number of aromatic hydroxyl groups is 1. The lowest BCUT2D eigenvalue weighted by Gasteiger charge is -2.06. The van der Waals surface area contributed by atoms with Crippen molar-refractivity contribution in [3.63, 3.8) is 0 Å². The second-order valence-corrected chi connectivity index (χ2v) is 3.88. The molecule has 0 radical (unpaired) electrons. The van der Waals surface area contributed by atoms with Crippen LogP contribution in [0.1, 0.15) is 20.7 Å². The summed E-state index contributed by atoms with van der Waals surface area (Å²) < 4.78 is 6.15. The number of esters is 1. The normalized spacial score (nSPS) is 10.2. The first kappa shape index (κ1) is 12.8. The van der Waals surface area contributed by atoms with E-state index in [1.807, 2.05) is 0 Å². The quantitative estimate of drug-likeness (QED) is 0.661. The number of carbonyl (C=O) groups is 2. The number of rotatable bonds is 4. The van der Waals surface area contributed by atoms with Crippen LogP contribution in [0.2, 0.25) is 0 Å². The number of ketones is 1. The summed E-state index contributed by atoms with van der Waals surface area (Å²) in [5, 5.41) is 9.55. The van der Waals surface area contributed by atoms with Gasteiger partial charge < -0.3 is 14.4 Å². The number of benzene rings is 1. The van der Waals surface area contributed by atoms with Crippen molar-refractivity contribution in [1.82, 2.24) is 9.55 Å². The maximum Gasteiger partial charge on any atom is 0.341 e. The Morgan fingerprint density at radius 1 is 1.42 bits per heavy atom. The Balaban J connectivity index is 2.25. The van der Waals surface area contributed by atoms with Crippen molar-refractivity contribution in [1.29, 1.82) is 0 Å². The van der Waals surface area contributed by atoms with Crippen LogP contribution in [0.3, 0.4) is 0 Å². The van der Waals surface area contributed by atoms with Crippen molar-refractivity contribution in [2.75, 3.05) is 7.11 Å². The van der Waals surface area contributed by atoms with Gasteiger partial charge in [0.1, 0.15) is 11.3 Å². The molecule has 0 bridgehead atoms. The Morgan fingerprint density at radius 3 is 2.84 bits per heavy atom. The summed E-state index contributed by atoms with van der Waals surface area (Å²) in [6, 6.07) is 4.08. The molecule has 0 unspecified atom stereocenters. The second-order valence-electron chi connectivity index (χ2n) is 3.88. The SMILES string of the molecule is COC(=O)c1cc(C(=O)Cn2ccnc2)ccc1O. The first-order chi connectivity index (χ1) is 9.11. The highest BCUT2D eigenvalue weighted by Gasteiger charge is 2.15. The van der Waals surface area contributed by atoms with Gasteiger partial charge in [-0.1, -0.05) is 0 Å². The van der Waals surface area contributed by atoms with E-state index in [4.69, 9.17) is 0 Å². The molecule has 19 heavy (non-hydrogen) atoms. The van der Waals surface area contributed by atoms with E-state index in [1.54, 1.807) is 17.0 Å². The van der Waals surface area contributed by atoms with Crippen LogP contribution < -0.4 is 0 Å². The van der Waals surface area contributed by atoms with Gasteiger partial charge in [0.15, 0.2) is 5.78 Å². The van der Waals surface area contributed by atoms with Gasteiger partial charge in [0.25, 0.3) is 0 Å². The monoisotopic (exact) mass is 260 g/mol. The highest BCUT2D eigenvalue weighted by atomic mass is 16.5. The van der Waals surface area contributed by atoms with Gasteiger partial charge in [-0.25, -0.2) is 9.78 Å². The lowest BCUT2D eigenvalue weighted by molar-refractivity contribution is 0.0597. The molecule has 1 aromatic heterocycles. The highest BCUT2D eigenvalue weighted by Crippen LogP contribution is 2.20. The predicted octanol–water partition coefficient (Wildman–Crippen LogP) is 1.26. The van der Waals surface area contributed by atoms with Crippen LogP contribution in [0.15, 0.2) is 36.9 Å². The van der Waals surface area contributed by atoms with Gasteiger partial charge in [0, 0.05) is 18.0 Å². The molecule has 6 nitrogen and oxygen atoms in total. The van der Waals surface area contributed by atoms with E-state index in [9.17, 15) is 14.7 Å². The van der Waals surface area contributed by atoms with Gasteiger partial charge in [-0.2, -0.15) is 0 Å². The van der Waals surface area contributed by atoms with E-state index in [0.29, 0.717) is 5.56 Å². The number of Topliss-reactive ketones (excluding diaryl/α,β-unsaturated/α-hetero) is 1. The number of hydrogen-bond acceptors (Lipinski definition) is 5. The van der Waals surface area contributed by atoms with Crippen LogP contribution in [0.5, 0.6) is 5.75 Å². The summed E-state index contributed by atoms with van der Waals surface area (Å²) in [6.45, 7) is 0.116. The molecule has 1 N–H and O–H groups in total.